The van der Waals surface area contributed by atoms with Crippen molar-refractivity contribution in [2.75, 3.05) is 20.7 Å². The molecule has 1 aromatic heterocycles. The van der Waals surface area contributed by atoms with Crippen LogP contribution in [0.3, 0.4) is 0 Å². The highest BCUT2D eigenvalue weighted by atomic mass is 16.5. The number of benzene rings is 2. The lowest BCUT2D eigenvalue weighted by atomic mass is 9.79. The van der Waals surface area contributed by atoms with Gasteiger partial charge in [0.1, 0.15) is 5.75 Å². The van der Waals surface area contributed by atoms with Crippen molar-refractivity contribution in [2.45, 2.75) is 18.4 Å². The number of carbonyl (C=O) groups is 2. The number of likely N-dealkylation sites (N-methyl/N-ethyl adjacent to an activating group) is 1. The van der Waals surface area contributed by atoms with Crippen LogP contribution >= 0.6 is 0 Å². The Bertz CT molecular complexity index is 1070. The average Bonchev–Trinajstić information content (AvgIpc) is 2.82. The lowest BCUT2D eigenvalue weighted by molar-refractivity contribution is -0.124. The fraction of sp³-hybridized carbons (Fsp3) is 0.240. The van der Waals surface area contributed by atoms with Gasteiger partial charge in [-0.15, -0.1) is 0 Å². The van der Waals surface area contributed by atoms with Gasteiger partial charge in [-0.25, -0.2) is 0 Å². The second-order valence-electron chi connectivity index (χ2n) is 7.60. The summed E-state index contributed by atoms with van der Waals surface area (Å²) in [5.74, 6) is 0.0379. The van der Waals surface area contributed by atoms with Gasteiger partial charge in [0.25, 0.3) is 5.91 Å². The van der Waals surface area contributed by atoms with Crippen LogP contribution in [0.2, 0.25) is 0 Å². The fourth-order valence-corrected chi connectivity index (χ4v) is 4.16. The number of aromatic nitrogens is 1. The molecule has 2 atom stereocenters. The summed E-state index contributed by atoms with van der Waals surface area (Å²) in [5.41, 5.74) is 3.33. The van der Waals surface area contributed by atoms with Crippen LogP contribution in [0.5, 0.6) is 5.75 Å². The zero-order chi connectivity index (χ0) is 21.8. The molecule has 0 radical (unpaired) electrons. The van der Waals surface area contributed by atoms with Gasteiger partial charge in [0.15, 0.2) is 0 Å². The summed E-state index contributed by atoms with van der Waals surface area (Å²) in [4.78, 5) is 32.2. The third-order valence-corrected chi connectivity index (χ3v) is 5.78. The molecule has 31 heavy (non-hydrogen) atoms. The number of ether oxygens (including phenoxy) is 1. The first kappa shape index (κ1) is 20.6. The number of hydrogen-bond donors (Lipinski definition) is 1. The van der Waals surface area contributed by atoms with E-state index in [0.717, 1.165) is 22.4 Å². The molecule has 0 spiro atoms. The van der Waals surface area contributed by atoms with E-state index < -0.39 is 12.0 Å². The number of hydrogen-bond acceptors (Lipinski definition) is 4. The Balaban J connectivity index is 1.64. The Hall–Kier alpha value is -3.67. The average molecular weight is 415 g/mol. The summed E-state index contributed by atoms with van der Waals surface area (Å²) in [5, 5.41) is 3.08. The number of nitrogens with one attached hydrogen (secondary N) is 1. The zero-order valence-electron chi connectivity index (χ0n) is 17.6. The summed E-state index contributed by atoms with van der Waals surface area (Å²) >= 11 is 0. The van der Waals surface area contributed by atoms with Crippen molar-refractivity contribution in [3.05, 3.63) is 95.3 Å². The molecule has 1 aliphatic rings. The lowest BCUT2D eigenvalue weighted by Gasteiger charge is -2.39. The van der Waals surface area contributed by atoms with E-state index in [4.69, 9.17) is 4.74 Å². The standard InChI is InChI=1S/C25H25N3O3/c1-28-23(18-7-9-19(31-2)10-8-18)22(20-5-3-4-6-21(20)25(28)30)24(29)27-16-13-17-11-14-26-15-12-17/h3-12,14-15,22-23H,13,16H2,1-2H3,(H,27,29). The molecule has 2 unspecified atom stereocenters. The van der Waals surface area contributed by atoms with Gasteiger partial charge in [-0.1, -0.05) is 30.3 Å². The van der Waals surface area contributed by atoms with E-state index in [1.807, 2.05) is 54.6 Å². The van der Waals surface area contributed by atoms with E-state index in [-0.39, 0.29) is 11.8 Å². The first-order valence-corrected chi connectivity index (χ1v) is 10.3. The molecule has 2 aromatic carbocycles. The van der Waals surface area contributed by atoms with Crippen LogP contribution in [0.4, 0.5) is 0 Å². The highest BCUT2D eigenvalue weighted by molar-refractivity contribution is 6.01. The zero-order valence-corrected chi connectivity index (χ0v) is 17.6. The number of nitrogens with zero attached hydrogens (tertiary/aromatic N) is 2. The number of rotatable bonds is 6. The van der Waals surface area contributed by atoms with Crippen LogP contribution in [0, 0.1) is 0 Å². The minimum atomic E-state index is -0.510. The molecule has 6 nitrogen and oxygen atoms in total. The fourth-order valence-electron chi connectivity index (χ4n) is 4.16. The molecule has 2 heterocycles. The van der Waals surface area contributed by atoms with Crippen molar-refractivity contribution in [3.8, 4) is 5.75 Å². The van der Waals surface area contributed by atoms with Crippen molar-refractivity contribution in [3.63, 3.8) is 0 Å². The molecule has 1 N–H and O–H groups in total. The minimum Gasteiger partial charge on any atom is -0.497 e. The molecule has 2 amide bonds. The molecule has 1 aliphatic heterocycles. The minimum absolute atomic E-state index is 0.0859. The van der Waals surface area contributed by atoms with E-state index in [2.05, 4.69) is 10.3 Å². The smallest absolute Gasteiger partial charge is 0.254 e. The Kier molecular flexibility index (Phi) is 5.98. The van der Waals surface area contributed by atoms with Gasteiger partial charge in [0.05, 0.1) is 19.1 Å². The molecule has 0 saturated carbocycles. The van der Waals surface area contributed by atoms with Gasteiger partial charge in [-0.2, -0.15) is 0 Å². The molecule has 0 fully saturated rings. The molecule has 0 bridgehead atoms. The largest absolute Gasteiger partial charge is 0.497 e. The molecule has 158 valence electrons. The van der Waals surface area contributed by atoms with Gasteiger partial charge in [0, 0.05) is 31.5 Å². The van der Waals surface area contributed by atoms with Gasteiger partial charge in [-0.05, 0) is 53.4 Å². The molecule has 6 heteroatoms. The highest BCUT2D eigenvalue weighted by Crippen LogP contribution is 2.42. The monoisotopic (exact) mass is 415 g/mol. The number of methoxy groups -OCH3 is 1. The van der Waals surface area contributed by atoms with Crippen LogP contribution in [0.25, 0.3) is 0 Å². The Morgan fingerprint density at radius 1 is 1.06 bits per heavy atom. The maximum Gasteiger partial charge on any atom is 0.254 e. The molecule has 0 saturated heterocycles. The number of pyridine rings is 1. The Morgan fingerprint density at radius 2 is 1.77 bits per heavy atom. The molecular formula is C25H25N3O3. The predicted octanol–water partition coefficient (Wildman–Crippen LogP) is 3.36. The van der Waals surface area contributed by atoms with Gasteiger partial charge < -0.3 is 15.0 Å². The Labute approximate surface area is 181 Å². The van der Waals surface area contributed by atoms with Crippen molar-refractivity contribution in [1.29, 1.82) is 0 Å². The van der Waals surface area contributed by atoms with Gasteiger partial charge >= 0.3 is 0 Å². The molecule has 3 aromatic rings. The molecule has 0 aliphatic carbocycles. The molecular weight excluding hydrogens is 390 g/mol. The normalized spacial score (nSPS) is 17.7. The maximum absolute atomic E-state index is 13.4. The SMILES string of the molecule is COc1ccc(C2C(C(=O)NCCc3ccncc3)c3ccccc3C(=O)N2C)cc1. The van der Waals surface area contributed by atoms with Crippen LogP contribution < -0.4 is 10.1 Å². The van der Waals surface area contributed by atoms with E-state index in [9.17, 15) is 9.59 Å². The van der Waals surface area contributed by atoms with Crippen LogP contribution in [-0.4, -0.2) is 42.4 Å². The van der Waals surface area contributed by atoms with Crippen LogP contribution in [0.1, 0.15) is 39.0 Å². The third kappa shape index (κ3) is 4.14. The second kappa shape index (κ2) is 9.00. The van der Waals surface area contributed by atoms with Crippen molar-refractivity contribution in [2.24, 2.45) is 0 Å². The van der Waals surface area contributed by atoms with Gasteiger partial charge in [-0.3, -0.25) is 14.6 Å². The second-order valence-corrected chi connectivity index (χ2v) is 7.60. The summed E-state index contributed by atoms with van der Waals surface area (Å²) < 4.78 is 5.27. The van der Waals surface area contributed by atoms with Crippen LogP contribution in [-0.2, 0) is 11.2 Å². The van der Waals surface area contributed by atoms with Crippen molar-refractivity contribution in [1.82, 2.24) is 15.2 Å². The summed E-state index contributed by atoms with van der Waals surface area (Å²) in [6.45, 7) is 0.508. The van der Waals surface area contributed by atoms with E-state index in [0.29, 0.717) is 18.5 Å². The Morgan fingerprint density at radius 3 is 2.48 bits per heavy atom. The highest BCUT2D eigenvalue weighted by Gasteiger charge is 2.42. The van der Waals surface area contributed by atoms with Crippen molar-refractivity contribution < 1.29 is 14.3 Å². The lowest BCUT2D eigenvalue weighted by Crippen LogP contribution is -2.45. The molecule has 4 rings (SSSR count). The topological polar surface area (TPSA) is 71.5 Å². The summed E-state index contributed by atoms with van der Waals surface area (Å²) in [6.07, 6.45) is 4.20. The third-order valence-electron chi connectivity index (χ3n) is 5.78. The van der Waals surface area contributed by atoms with E-state index in [1.165, 1.54) is 0 Å². The predicted molar refractivity (Wildman–Crippen MR) is 118 cm³/mol. The van der Waals surface area contributed by atoms with Gasteiger partial charge in [0.2, 0.25) is 5.91 Å². The number of amides is 2. The quantitative estimate of drug-likeness (QED) is 0.670. The first-order valence-electron chi connectivity index (χ1n) is 10.3. The first-order chi connectivity index (χ1) is 15.1. The van der Waals surface area contributed by atoms with Crippen LogP contribution in [0.15, 0.2) is 73.1 Å². The number of fused-ring (bicyclic) bond motifs is 1. The summed E-state index contributed by atoms with van der Waals surface area (Å²) in [7, 11) is 3.37. The number of carbonyl (C=O) groups excluding carboxylic acids is 2. The maximum atomic E-state index is 13.4. The van der Waals surface area contributed by atoms with E-state index in [1.54, 1.807) is 37.5 Å². The van der Waals surface area contributed by atoms with E-state index >= 15 is 0 Å². The van der Waals surface area contributed by atoms with Crippen molar-refractivity contribution >= 4 is 11.8 Å². The summed E-state index contributed by atoms with van der Waals surface area (Å²) in [6, 6.07) is 18.4.